The maximum Gasteiger partial charge on any atom is 0.331 e. The van der Waals surface area contributed by atoms with Crippen LogP contribution in [0, 0.1) is 10.8 Å². The Morgan fingerprint density at radius 1 is 1.05 bits per heavy atom. The highest BCUT2D eigenvalue weighted by atomic mass is 16.6. The van der Waals surface area contributed by atoms with E-state index < -0.39 is 46.7 Å². The number of cyclic esters (lactones) is 1. The molecule has 1 N–H and O–H groups in total. The third kappa shape index (κ3) is 4.42. The van der Waals surface area contributed by atoms with Crippen LogP contribution < -0.4 is 0 Å². The minimum atomic E-state index is -0.735. The van der Waals surface area contributed by atoms with Crippen molar-refractivity contribution in [2.24, 2.45) is 10.8 Å². The molecule has 1 saturated carbocycles. The Kier molecular flexibility index (Phi) is 6.98. The van der Waals surface area contributed by atoms with E-state index in [1.807, 2.05) is 6.92 Å². The normalized spacial score (nSPS) is 46.2. The maximum absolute atomic E-state index is 12.9. The summed E-state index contributed by atoms with van der Waals surface area (Å²) in [7, 11) is 0. The summed E-state index contributed by atoms with van der Waals surface area (Å²) >= 11 is 0. The van der Waals surface area contributed by atoms with E-state index in [0.29, 0.717) is 26.1 Å². The van der Waals surface area contributed by atoms with Crippen molar-refractivity contribution in [2.75, 3.05) is 19.8 Å². The van der Waals surface area contributed by atoms with Crippen LogP contribution in [0.3, 0.4) is 0 Å². The fourth-order valence-electron chi connectivity index (χ4n) is 6.85. The van der Waals surface area contributed by atoms with Crippen molar-refractivity contribution in [1.82, 2.24) is 0 Å². The Bertz CT molecular complexity index is 1050. The summed E-state index contributed by atoms with van der Waals surface area (Å²) in [6.07, 6.45) is 10.5. The first-order valence-electron chi connectivity index (χ1n) is 13.3. The Labute approximate surface area is 218 Å². The van der Waals surface area contributed by atoms with Crippen LogP contribution in [0.4, 0.5) is 0 Å². The molecular weight excluding hydrogens is 476 g/mol. The number of allylic oxidation sites excluding steroid dienone is 3. The van der Waals surface area contributed by atoms with Gasteiger partial charge in [-0.2, -0.15) is 0 Å². The molecule has 5 aliphatic rings. The number of aliphatic hydroxyl groups is 1. The number of hydrogen-bond acceptors (Lipinski definition) is 8. The first-order valence-corrected chi connectivity index (χ1v) is 13.3. The third-order valence-corrected chi connectivity index (χ3v) is 9.24. The van der Waals surface area contributed by atoms with Crippen LogP contribution in [-0.4, -0.2) is 73.0 Å². The molecule has 37 heavy (non-hydrogen) atoms. The average Bonchev–Trinajstić information content (AvgIpc) is 3.61. The number of carbonyl (C=O) groups is 2. The van der Waals surface area contributed by atoms with Crippen LogP contribution in [0.2, 0.25) is 0 Å². The molecule has 3 heterocycles. The van der Waals surface area contributed by atoms with Crippen LogP contribution in [-0.2, 0) is 33.3 Å². The Balaban J connectivity index is 1.51. The van der Waals surface area contributed by atoms with Gasteiger partial charge in [-0.1, -0.05) is 42.4 Å². The Morgan fingerprint density at radius 3 is 2.57 bits per heavy atom. The van der Waals surface area contributed by atoms with Gasteiger partial charge in [0, 0.05) is 24.0 Å². The molecule has 3 unspecified atom stereocenters. The van der Waals surface area contributed by atoms with Crippen molar-refractivity contribution in [2.45, 2.75) is 89.5 Å². The minimum absolute atomic E-state index is 0.144. The van der Waals surface area contributed by atoms with Gasteiger partial charge in [0.05, 0.1) is 36.9 Å². The number of epoxide rings is 1. The van der Waals surface area contributed by atoms with Gasteiger partial charge in [0.1, 0.15) is 24.4 Å². The smallest absolute Gasteiger partial charge is 0.331 e. The second kappa shape index (κ2) is 9.80. The fourth-order valence-corrected chi connectivity index (χ4v) is 6.85. The molecule has 2 saturated heterocycles. The van der Waals surface area contributed by atoms with Gasteiger partial charge in [0.2, 0.25) is 0 Å². The van der Waals surface area contributed by atoms with Crippen molar-refractivity contribution in [3.05, 3.63) is 47.6 Å². The molecule has 8 heteroatoms. The molecule has 202 valence electrons. The summed E-state index contributed by atoms with van der Waals surface area (Å²) in [4.78, 5) is 25.9. The van der Waals surface area contributed by atoms with Gasteiger partial charge in [-0.3, -0.25) is 0 Å². The number of carbonyl (C=O) groups excluding carboxylic acids is 2. The second-order valence-corrected chi connectivity index (χ2v) is 11.4. The fraction of sp³-hybridized carbons (Fsp3) is 0.655. The van der Waals surface area contributed by atoms with Crippen LogP contribution in [0.25, 0.3) is 0 Å². The van der Waals surface area contributed by atoms with Gasteiger partial charge in [-0.15, -0.1) is 0 Å². The van der Waals surface area contributed by atoms with Crippen molar-refractivity contribution in [3.63, 3.8) is 0 Å². The minimum Gasteiger partial charge on any atom is -0.462 e. The lowest BCUT2D eigenvalue weighted by molar-refractivity contribution is -0.232. The molecule has 0 radical (unpaired) electrons. The summed E-state index contributed by atoms with van der Waals surface area (Å²) in [5, 5.41) is 10.0. The molecule has 0 amide bonds. The zero-order valence-corrected chi connectivity index (χ0v) is 22.1. The topological polar surface area (TPSA) is 104 Å². The number of rotatable bonds is 1. The number of esters is 2. The molecule has 3 aliphatic heterocycles. The monoisotopic (exact) mass is 514 g/mol. The summed E-state index contributed by atoms with van der Waals surface area (Å²) in [6, 6.07) is 0. The molecule has 8 atom stereocenters. The molecule has 0 aromatic rings. The summed E-state index contributed by atoms with van der Waals surface area (Å²) in [5.41, 5.74) is 0.318. The van der Waals surface area contributed by atoms with Crippen LogP contribution in [0.15, 0.2) is 47.6 Å². The first-order chi connectivity index (χ1) is 17.6. The van der Waals surface area contributed by atoms with E-state index in [9.17, 15) is 14.7 Å². The van der Waals surface area contributed by atoms with Gasteiger partial charge in [-0.05, 0) is 40.0 Å². The molecule has 0 aromatic carbocycles. The molecule has 2 bridgehead atoms. The predicted octanol–water partition coefficient (Wildman–Crippen LogP) is 3.34. The van der Waals surface area contributed by atoms with Gasteiger partial charge in [0.15, 0.2) is 0 Å². The zero-order valence-electron chi connectivity index (χ0n) is 22.1. The molecule has 2 spiro atoms. The highest BCUT2D eigenvalue weighted by molar-refractivity contribution is 5.83. The van der Waals surface area contributed by atoms with Gasteiger partial charge in [0.25, 0.3) is 0 Å². The SMILES string of the molecule is CC1=CC2O[C@H]3C[C@H]4OC(=O)/C=C\C=C\[C@H](C(C)O)OCC/C(C)=C/C(=O)OCC2(CC1)[C@@]4(C)[C@]31CO1. The van der Waals surface area contributed by atoms with E-state index in [0.717, 1.165) is 18.4 Å². The highest BCUT2D eigenvalue weighted by Crippen LogP contribution is 2.72. The molecular formula is C29H38O8. The van der Waals surface area contributed by atoms with Gasteiger partial charge >= 0.3 is 11.9 Å². The van der Waals surface area contributed by atoms with Crippen molar-refractivity contribution < 1.29 is 38.4 Å². The summed E-state index contributed by atoms with van der Waals surface area (Å²) < 4.78 is 30.6. The number of aliphatic hydroxyl groups excluding tert-OH is 1. The van der Waals surface area contributed by atoms with E-state index in [2.05, 4.69) is 19.9 Å². The van der Waals surface area contributed by atoms with Crippen molar-refractivity contribution in [1.29, 1.82) is 0 Å². The van der Waals surface area contributed by atoms with Crippen molar-refractivity contribution >= 4 is 11.9 Å². The number of ether oxygens (including phenoxy) is 5. The summed E-state index contributed by atoms with van der Waals surface area (Å²) in [6.45, 7) is 8.73. The van der Waals surface area contributed by atoms with Crippen LogP contribution in [0.1, 0.15) is 53.4 Å². The van der Waals surface area contributed by atoms with E-state index in [-0.39, 0.29) is 18.8 Å². The lowest BCUT2D eigenvalue weighted by Crippen LogP contribution is -2.66. The van der Waals surface area contributed by atoms with Gasteiger partial charge < -0.3 is 28.8 Å². The maximum atomic E-state index is 12.9. The lowest BCUT2D eigenvalue weighted by Gasteiger charge is -2.58. The molecule has 5 rings (SSSR count). The lowest BCUT2D eigenvalue weighted by atomic mass is 9.51. The van der Waals surface area contributed by atoms with Crippen molar-refractivity contribution in [3.8, 4) is 0 Å². The molecule has 8 nitrogen and oxygen atoms in total. The molecule has 0 aromatic heterocycles. The Morgan fingerprint density at radius 2 is 1.84 bits per heavy atom. The van der Waals surface area contributed by atoms with E-state index >= 15 is 0 Å². The largest absolute Gasteiger partial charge is 0.462 e. The number of hydrogen-bond donors (Lipinski definition) is 1. The van der Waals surface area contributed by atoms with Crippen LogP contribution >= 0.6 is 0 Å². The van der Waals surface area contributed by atoms with E-state index in [1.165, 1.54) is 17.7 Å². The van der Waals surface area contributed by atoms with E-state index in [4.69, 9.17) is 23.7 Å². The third-order valence-electron chi connectivity index (χ3n) is 9.24. The molecule has 3 fully saturated rings. The Hall–Kier alpha value is -2.26. The first kappa shape index (κ1) is 26.4. The zero-order chi connectivity index (χ0) is 26.4. The highest BCUT2D eigenvalue weighted by Gasteiger charge is 2.83. The van der Waals surface area contributed by atoms with E-state index in [1.54, 1.807) is 25.2 Å². The second-order valence-electron chi connectivity index (χ2n) is 11.4. The summed E-state index contributed by atoms with van der Waals surface area (Å²) in [5.74, 6) is -0.879. The average molecular weight is 515 g/mol. The predicted molar refractivity (Wildman–Crippen MR) is 134 cm³/mol. The standard InChI is InChI=1S/C29H38O8/c1-18-9-11-28-16-34-26(32)14-19(2)10-12-33-21(20(3)30)7-5-6-8-25(31)37-22-15-24(36-23(28)13-18)29(17-35-29)27(22,28)4/h5-8,13-14,20-24,30H,9-12,15-17H2,1-4H3/b7-5+,8-6-,19-14+/t20?,21-,22-,23?,24+,27+,28?,29+/m1/s1. The van der Waals surface area contributed by atoms with Crippen LogP contribution in [0.5, 0.6) is 0 Å². The quantitative estimate of drug-likeness (QED) is 0.323. The molecule has 2 aliphatic carbocycles. The van der Waals surface area contributed by atoms with Gasteiger partial charge in [-0.25, -0.2) is 9.59 Å².